The summed E-state index contributed by atoms with van der Waals surface area (Å²) in [6.07, 6.45) is 0. The molecule has 0 unspecified atom stereocenters. The van der Waals surface area contributed by atoms with E-state index >= 15 is 0 Å². The van der Waals surface area contributed by atoms with Crippen LogP contribution < -0.4 is 4.74 Å². The zero-order valence-corrected chi connectivity index (χ0v) is 11.0. The highest BCUT2D eigenvalue weighted by molar-refractivity contribution is 9.10. The molecule has 3 heteroatoms. The van der Waals surface area contributed by atoms with Crippen molar-refractivity contribution in [2.24, 2.45) is 0 Å². The van der Waals surface area contributed by atoms with E-state index in [-0.39, 0.29) is 0 Å². The van der Waals surface area contributed by atoms with Crippen molar-refractivity contribution in [3.05, 3.63) is 52.0 Å². The molecule has 0 N–H and O–H groups in total. The van der Waals surface area contributed by atoms with Gasteiger partial charge in [0.1, 0.15) is 5.75 Å². The van der Waals surface area contributed by atoms with Gasteiger partial charge in [0.05, 0.1) is 7.11 Å². The number of ether oxygens (including phenoxy) is 1. The number of hydrogen-bond donors (Lipinski definition) is 0. The fourth-order valence-corrected chi connectivity index (χ4v) is 2.55. The summed E-state index contributed by atoms with van der Waals surface area (Å²) in [5.74, 6) is 0.823. The number of benzene rings is 2. The first-order chi connectivity index (χ1) is 7.72. The molecule has 0 saturated heterocycles. The number of rotatable bonds is 2. The third-order valence-electron chi connectivity index (χ3n) is 2.32. The van der Waals surface area contributed by atoms with Gasteiger partial charge in [-0.15, -0.1) is 0 Å². The minimum atomic E-state index is 0.725. The SMILES string of the molecule is COc1cccc(-c2c(Cl)cccc2Br)c1. The Bertz CT molecular complexity index is 491. The molecule has 0 radical (unpaired) electrons. The molecule has 2 aromatic rings. The smallest absolute Gasteiger partial charge is 0.119 e. The fraction of sp³-hybridized carbons (Fsp3) is 0.0769. The van der Waals surface area contributed by atoms with E-state index in [4.69, 9.17) is 16.3 Å². The van der Waals surface area contributed by atoms with Gasteiger partial charge in [-0.25, -0.2) is 0 Å². The molecule has 0 spiro atoms. The molecule has 2 rings (SSSR count). The second-order valence-electron chi connectivity index (χ2n) is 3.33. The van der Waals surface area contributed by atoms with Gasteiger partial charge in [-0.3, -0.25) is 0 Å². The van der Waals surface area contributed by atoms with Crippen LogP contribution in [0.15, 0.2) is 46.9 Å². The second-order valence-corrected chi connectivity index (χ2v) is 4.59. The molecule has 0 heterocycles. The van der Waals surface area contributed by atoms with E-state index in [1.165, 1.54) is 0 Å². The zero-order chi connectivity index (χ0) is 11.5. The highest BCUT2D eigenvalue weighted by atomic mass is 79.9. The van der Waals surface area contributed by atoms with Crippen molar-refractivity contribution < 1.29 is 4.74 Å². The van der Waals surface area contributed by atoms with Crippen LogP contribution in [0, 0.1) is 0 Å². The Kier molecular flexibility index (Phi) is 3.52. The summed E-state index contributed by atoms with van der Waals surface area (Å²) in [5, 5.41) is 0.725. The molecule has 0 aliphatic rings. The van der Waals surface area contributed by atoms with Crippen molar-refractivity contribution in [1.29, 1.82) is 0 Å². The van der Waals surface area contributed by atoms with Gasteiger partial charge < -0.3 is 4.74 Å². The van der Waals surface area contributed by atoms with Crippen molar-refractivity contribution >= 4 is 27.5 Å². The lowest BCUT2D eigenvalue weighted by molar-refractivity contribution is 0.415. The lowest BCUT2D eigenvalue weighted by Crippen LogP contribution is -1.85. The molecule has 0 bridgehead atoms. The van der Waals surface area contributed by atoms with E-state index in [2.05, 4.69) is 15.9 Å². The Morgan fingerprint density at radius 3 is 2.56 bits per heavy atom. The second kappa shape index (κ2) is 4.89. The topological polar surface area (TPSA) is 9.23 Å². The number of halogens is 2. The molecule has 1 nitrogen and oxygen atoms in total. The maximum Gasteiger partial charge on any atom is 0.119 e. The zero-order valence-electron chi connectivity index (χ0n) is 8.71. The minimum absolute atomic E-state index is 0.725. The maximum atomic E-state index is 6.19. The van der Waals surface area contributed by atoms with Crippen molar-refractivity contribution in [3.63, 3.8) is 0 Å². The van der Waals surface area contributed by atoms with Crippen molar-refractivity contribution in [3.8, 4) is 16.9 Å². The molecule has 0 aliphatic carbocycles. The van der Waals surface area contributed by atoms with E-state index in [0.717, 1.165) is 26.4 Å². The number of hydrogen-bond acceptors (Lipinski definition) is 1. The third kappa shape index (κ3) is 2.23. The predicted octanol–water partition coefficient (Wildman–Crippen LogP) is 4.78. The largest absolute Gasteiger partial charge is 0.497 e. The monoisotopic (exact) mass is 296 g/mol. The molecule has 0 aromatic heterocycles. The molecule has 0 atom stereocenters. The summed E-state index contributed by atoms with van der Waals surface area (Å²) < 4.78 is 6.18. The maximum absolute atomic E-state index is 6.19. The third-order valence-corrected chi connectivity index (χ3v) is 3.30. The molecular weight excluding hydrogens is 287 g/mol. The first-order valence-electron chi connectivity index (χ1n) is 4.81. The van der Waals surface area contributed by atoms with Gasteiger partial charge in [-0.1, -0.05) is 45.7 Å². The Balaban J connectivity index is 2.58. The molecule has 0 amide bonds. The van der Waals surface area contributed by atoms with Crippen molar-refractivity contribution in [1.82, 2.24) is 0 Å². The summed E-state index contributed by atoms with van der Waals surface area (Å²) >= 11 is 9.69. The lowest BCUT2D eigenvalue weighted by Gasteiger charge is -2.08. The highest BCUT2D eigenvalue weighted by Crippen LogP contribution is 2.35. The summed E-state index contributed by atoms with van der Waals surface area (Å²) in [5.41, 5.74) is 2.03. The van der Waals surface area contributed by atoms with Crippen LogP contribution in [0.4, 0.5) is 0 Å². The standard InChI is InChI=1S/C13H10BrClO/c1-16-10-5-2-4-9(8-10)13-11(14)6-3-7-12(13)15/h2-8H,1H3. The summed E-state index contributed by atoms with van der Waals surface area (Å²) in [7, 11) is 1.65. The molecule has 82 valence electrons. The van der Waals surface area contributed by atoms with Crippen LogP contribution >= 0.6 is 27.5 Å². The normalized spacial score (nSPS) is 10.2. The molecule has 2 aromatic carbocycles. The van der Waals surface area contributed by atoms with E-state index in [9.17, 15) is 0 Å². The van der Waals surface area contributed by atoms with Gasteiger partial charge in [0.2, 0.25) is 0 Å². The van der Waals surface area contributed by atoms with Gasteiger partial charge >= 0.3 is 0 Å². The molecule has 0 saturated carbocycles. The van der Waals surface area contributed by atoms with Crippen LogP contribution in [0.5, 0.6) is 5.75 Å². The molecule has 16 heavy (non-hydrogen) atoms. The summed E-state index contributed by atoms with van der Waals surface area (Å²) in [6.45, 7) is 0. The van der Waals surface area contributed by atoms with Crippen LogP contribution in [0.3, 0.4) is 0 Å². The molecule has 0 aliphatic heterocycles. The van der Waals surface area contributed by atoms with Gasteiger partial charge in [-0.2, -0.15) is 0 Å². The van der Waals surface area contributed by atoms with Crippen molar-refractivity contribution in [2.45, 2.75) is 0 Å². The minimum Gasteiger partial charge on any atom is -0.497 e. The summed E-state index contributed by atoms with van der Waals surface area (Å²) in [6, 6.07) is 13.6. The Hall–Kier alpha value is -0.990. The van der Waals surface area contributed by atoms with Crippen LogP contribution in [0.2, 0.25) is 5.02 Å². The summed E-state index contributed by atoms with van der Waals surface area (Å²) in [4.78, 5) is 0. The lowest BCUT2D eigenvalue weighted by atomic mass is 10.1. The Morgan fingerprint density at radius 2 is 1.88 bits per heavy atom. The molecular formula is C13H10BrClO. The van der Waals surface area contributed by atoms with Gasteiger partial charge in [0.15, 0.2) is 0 Å². The van der Waals surface area contributed by atoms with Crippen LogP contribution in [0.25, 0.3) is 11.1 Å². The van der Waals surface area contributed by atoms with Gasteiger partial charge in [0.25, 0.3) is 0 Å². The quantitative estimate of drug-likeness (QED) is 0.775. The highest BCUT2D eigenvalue weighted by Gasteiger charge is 2.08. The first-order valence-corrected chi connectivity index (χ1v) is 5.98. The fourth-order valence-electron chi connectivity index (χ4n) is 1.55. The molecule has 0 fully saturated rings. The number of methoxy groups -OCH3 is 1. The average molecular weight is 298 g/mol. The Morgan fingerprint density at radius 1 is 1.12 bits per heavy atom. The van der Waals surface area contributed by atoms with E-state index in [0.29, 0.717) is 0 Å². The van der Waals surface area contributed by atoms with Gasteiger partial charge in [0, 0.05) is 15.1 Å². The predicted molar refractivity (Wildman–Crippen MR) is 71.1 cm³/mol. The van der Waals surface area contributed by atoms with E-state index in [1.54, 1.807) is 7.11 Å². The van der Waals surface area contributed by atoms with Crippen molar-refractivity contribution in [2.75, 3.05) is 7.11 Å². The van der Waals surface area contributed by atoms with E-state index < -0.39 is 0 Å². The van der Waals surface area contributed by atoms with Crippen LogP contribution in [0.1, 0.15) is 0 Å². The van der Waals surface area contributed by atoms with Crippen LogP contribution in [-0.4, -0.2) is 7.11 Å². The van der Waals surface area contributed by atoms with Crippen LogP contribution in [-0.2, 0) is 0 Å². The van der Waals surface area contributed by atoms with E-state index in [1.807, 2.05) is 42.5 Å². The first kappa shape index (κ1) is 11.5. The Labute approximate surface area is 108 Å². The van der Waals surface area contributed by atoms with Gasteiger partial charge in [-0.05, 0) is 29.8 Å². The average Bonchev–Trinajstić information content (AvgIpc) is 2.29.